The highest BCUT2D eigenvalue weighted by molar-refractivity contribution is 7.99. The van der Waals surface area contributed by atoms with Crippen LogP contribution in [0, 0.1) is 0 Å². The second-order valence-electron chi connectivity index (χ2n) is 3.81. The van der Waals surface area contributed by atoms with Gasteiger partial charge in [0.15, 0.2) is 0 Å². The van der Waals surface area contributed by atoms with Crippen molar-refractivity contribution < 1.29 is 17.2 Å². The summed E-state index contributed by atoms with van der Waals surface area (Å²) in [5.41, 5.74) is 0.731. The minimum Gasteiger partial charge on any atom is -0.385 e. The number of rotatable bonds is 8. The fourth-order valence-electron chi connectivity index (χ4n) is 1.42. The summed E-state index contributed by atoms with van der Waals surface area (Å²) in [6.45, 7) is 2.87. The Morgan fingerprint density at radius 2 is 1.89 bits per heavy atom. The standard InChI is InChI=1S/C12H17F2NO2S2/c1-2-18-9-3-8-15-10-4-6-11(7-5-10)19(16,17)12(13)14/h4-7,12,15H,2-3,8-9H2,1H3. The van der Waals surface area contributed by atoms with Crippen LogP contribution in [0.25, 0.3) is 0 Å². The molecule has 0 saturated carbocycles. The Morgan fingerprint density at radius 3 is 2.42 bits per heavy atom. The molecule has 19 heavy (non-hydrogen) atoms. The average molecular weight is 309 g/mol. The lowest BCUT2D eigenvalue weighted by atomic mass is 10.3. The average Bonchev–Trinajstić information content (AvgIpc) is 2.39. The van der Waals surface area contributed by atoms with Crippen LogP contribution in [-0.4, -0.2) is 32.2 Å². The van der Waals surface area contributed by atoms with Crippen LogP contribution < -0.4 is 5.32 Å². The van der Waals surface area contributed by atoms with Crippen LogP contribution in [0.4, 0.5) is 14.5 Å². The summed E-state index contributed by atoms with van der Waals surface area (Å²) in [5.74, 6) is -1.24. The van der Waals surface area contributed by atoms with E-state index in [1.165, 1.54) is 24.3 Å². The van der Waals surface area contributed by atoms with Gasteiger partial charge in [0.2, 0.25) is 9.84 Å². The maximum atomic E-state index is 12.3. The van der Waals surface area contributed by atoms with E-state index in [9.17, 15) is 17.2 Å². The van der Waals surface area contributed by atoms with Crippen molar-refractivity contribution in [2.24, 2.45) is 0 Å². The Kier molecular flexibility index (Phi) is 6.57. The number of hydrogen-bond acceptors (Lipinski definition) is 4. The molecule has 108 valence electrons. The van der Waals surface area contributed by atoms with Gasteiger partial charge in [-0.25, -0.2) is 8.42 Å². The van der Waals surface area contributed by atoms with Gasteiger partial charge in [0.1, 0.15) is 0 Å². The summed E-state index contributed by atoms with van der Waals surface area (Å²) >= 11 is 1.85. The fraction of sp³-hybridized carbons (Fsp3) is 0.500. The molecule has 3 nitrogen and oxygen atoms in total. The Bertz CT molecular complexity index is 475. The number of benzene rings is 1. The van der Waals surface area contributed by atoms with Gasteiger partial charge in [-0.15, -0.1) is 0 Å². The zero-order valence-corrected chi connectivity index (χ0v) is 12.2. The van der Waals surface area contributed by atoms with Gasteiger partial charge in [-0.2, -0.15) is 20.5 Å². The van der Waals surface area contributed by atoms with Crippen molar-refractivity contribution in [1.82, 2.24) is 0 Å². The molecule has 7 heteroatoms. The summed E-state index contributed by atoms with van der Waals surface area (Å²) < 4.78 is 47.0. The number of nitrogens with one attached hydrogen (secondary N) is 1. The van der Waals surface area contributed by atoms with Crippen molar-refractivity contribution in [1.29, 1.82) is 0 Å². The van der Waals surface area contributed by atoms with Gasteiger partial charge in [-0.05, 0) is 42.2 Å². The Morgan fingerprint density at radius 1 is 1.26 bits per heavy atom. The van der Waals surface area contributed by atoms with E-state index < -0.39 is 15.6 Å². The maximum absolute atomic E-state index is 12.3. The lowest BCUT2D eigenvalue weighted by molar-refractivity contribution is 0.234. The third kappa shape index (κ3) is 4.99. The van der Waals surface area contributed by atoms with Gasteiger partial charge in [0, 0.05) is 12.2 Å². The van der Waals surface area contributed by atoms with Crippen LogP contribution in [0.2, 0.25) is 0 Å². The first kappa shape index (κ1) is 16.2. The minimum absolute atomic E-state index is 0.352. The Balaban J connectivity index is 2.53. The molecular weight excluding hydrogens is 292 g/mol. The Labute approximate surface area is 116 Å². The normalized spacial score (nSPS) is 11.8. The maximum Gasteiger partial charge on any atom is 0.341 e. The molecule has 0 aliphatic heterocycles. The molecule has 0 aliphatic rings. The van der Waals surface area contributed by atoms with E-state index in [0.29, 0.717) is 0 Å². The van der Waals surface area contributed by atoms with E-state index >= 15 is 0 Å². The van der Waals surface area contributed by atoms with Crippen LogP contribution in [0.3, 0.4) is 0 Å². The summed E-state index contributed by atoms with van der Waals surface area (Å²) in [6.07, 6.45) is 0.996. The quantitative estimate of drug-likeness (QED) is 0.749. The number of alkyl halides is 2. The van der Waals surface area contributed by atoms with Gasteiger partial charge in [-0.1, -0.05) is 6.92 Å². The number of thioether (sulfide) groups is 1. The van der Waals surface area contributed by atoms with Crippen LogP contribution in [0.15, 0.2) is 29.2 Å². The van der Waals surface area contributed by atoms with Crippen molar-refractivity contribution in [3.63, 3.8) is 0 Å². The van der Waals surface area contributed by atoms with Gasteiger partial charge >= 0.3 is 5.76 Å². The molecule has 0 atom stereocenters. The lowest BCUT2D eigenvalue weighted by Crippen LogP contribution is -2.11. The molecule has 1 aromatic rings. The van der Waals surface area contributed by atoms with Crippen LogP contribution >= 0.6 is 11.8 Å². The molecule has 0 amide bonds. The summed E-state index contributed by atoms with van der Waals surface area (Å²) in [5, 5.41) is 3.12. The number of anilines is 1. The van der Waals surface area contributed by atoms with Crippen molar-refractivity contribution in [2.75, 3.05) is 23.4 Å². The lowest BCUT2D eigenvalue weighted by Gasteiger charge is -2.07. The molecule has 0 unspecified atom stereocenters. The molecule has 0 saturated heterocycles. The van der Waals surface area contributed by atoms with E-state index in [1.807, 2.05) is 11.8 Å². The van der Waals surface area contributed by atoms with E-state index in [-0.39, 0.29) is 4.90 Å². The molecule has 0 bridgehead atoms. The molecule has 1 aromatic carbocycles. The zero-order valence-electron chi connectivity index (χ0n) is 10.6. The highest BCUT2D eigenvalue weighted by Crippen LogP contribution is 2.20. The van der Waals surface area contributed by atoms with Gasteiger partial charge in [0.05, 0.1) is 4.90 Å². The minimum atomic E-state index is -4.49. The zero-order chi connectivity index (χ0) is 14.3. The van der Waals surface area contributed by atoms with Crippen molar-refractivity contribution in [2.45, 2.75) is 24.0 Å². The molecule has 0 fully saturated rings. The molecule has 0 aromatic heterocycles. The SMILES string of the molecule is CCSCCCNc1ccc(S(=O)(=O)C(F)F)cc1. The van der Waals surface area contributed by atoms with Crippen molar-refractivity contribution >= 4 is 27.3 Å². The summed E-state index contributed by atoms with van der Waals surface area (Å²) in [6, 6.07) is 5.40. The van der Waals surface area contributed by atoms with Crippen LogP contribution in [-0.2, 0) is 9.84 Å². The summed E-state index contributed by atoms with van der Waals surface area (Å²) in [4.78, 5) is -0.352. The third-order valence-electron chi connectivity index (χ3n) is 2.42. The predicted octanol–water partition coefficient (Wildman–Crippen LogP) is 3.24. The second-order valence-corrected chi connectivity index (χ2v) is 7.12. The first-order chi connectivity index (χ1) is 8.98. The topological polar surface area (TPSA) is 46.2 Å². The van der Waals surface area contributed by atoms with Crippen molar-refractivity contribution in [3.8, 4) is 0 Å². The van der Waals surface area contributed by atoms with E-state index in [4.69, 9.17) is 0 Å². The molecule has 0 radical (unpaired) electrons. The number of halogens is 2. The van der Waals surface area contributed by atoms with Gasteiger partial charge < -0.3 is 5.32 Å². The largest absolute Gasteiger partial charge is 0.385 e. The molecule has 1 N–H and O–H groups in total. The fourth-order valence-corrected chi connectivity index (χ4v) is 2.77. The first-order valence-corrected chi connectivity index (χ1v) is 8.62. The highest BCUT2D eigenvalue weighted by atomic mass is 32.2. The first-order valence-electron chi connectivity index (χ1n) is 5.92. The van der Waals surface area contributed by atoms with E-state index in [1.54, 1.807) is 0 Å². The molecule has 0 spiro atoms. The third-order valence-corrected chi connectivity index (χ3v) is 4.80. The van der Waals surface area contributed by atoms with Crippen molar-refractivity contribution in [3.05, 3.63) is 24.3 Å². The summed E-state index contributed by atoms with van der Waals surface area (Å²) in [7, 11) is -4.49. The molecule has 0 aliphatic carbocycles. The second kappa shape index (κ2) is 7.69. The van der Waals surface area contributed by atoms with Gasteiger partial charge in [0.25, 0.3) is 0 Å². The molecule has 0 heterocycles. The highest BCUT2D eigenvalue weighted by Gasteiger charge is 2.26. The molecule has 1 rings (SSSR count). The monoisotopic (exact) mass is 309 g/mol. The molecular formula is C12H17F2NO2S2. The Hall–Kier alpha value is -0.820. The van der Waals surface area contributed by atoms with E-state index in [2.05, 4.69) is 12.2 Å². The van der Waals surface area contributed by atoms with Gasteiger partial charge in [-0.3, -0.25) is 0 Å². The number of hydrogen-bond donors (Lipinski definition) is 1. The van der Waals surface area contributed by atoms with Crippen LogP contribution in [0.1, 0.15) is 13.3 Å². The van der Waals surface area contributed by atoms with E-state index in [0.717, 1.165) is 30.2 Å². The number of sulfone groups is 1. The predicted molar refractivity (Wildman–Crippen MR) is 75.7 cm³/mol. The van der Waals surface area contributed by atoms with Crippen LogP contribution in [0.5, 0.6) is 0 Å². The smallest absolute Gasteiger partial charge is 0.341 e.